The van der Waals surface area contributed by atoms with Crippen molar-refractivity contribution in [1.29, 1.82) is 5.26 Å². The molecule has 20 heavy (non-hydrogen) atoms. The van der Waals surface area contributed by atoms with Gasteiger partial charge in [-0.15, -0.1) is 11.8 Å². The molecule has 102 valence electrons. The van der Waals surface area contributed by atoms with Gasteiger partial charge in [-0.1, -0.05) is 29.8 Å². The second kappa shape index (κ2) is 5.65. The van der Waals surface area contributed by atoms with E-state index in [-0.39, 0.29) is 4.75 Å². The number of aromatic nitrogens is 1. The maximum atomic E-state index is 9.06. The van der Waals surface area contributed by atoms with Crippen molar-refractivity contribution in [1.82, 2.24) is 4.37 Å². The Bertz CT molecular complexity index is 644. The molecule has 1 aromatic carbocycles. The predicted octanol–water partition coefficient (Wildman–Crippen LogP) is 4.40. The van der Waals surface area contributed by atoms with E-state index < -0.39 is 0 Å². The highest BCUT2D eigenvalue weighted by Gasteiger charge is 2.43. The molecule has 0 spiro atoms. The molecule has 1 N–H and O–H groups in total. The van der Waals surface area contributed by atoms with Crippen molar-refractivity contribution in [3.63, 3.8) is 0 Å². The minimum atomic E-state index is 0.241. The summed E-state index contributed by atoms with van der Waals surface area (Å²) >= 11 is 9.03. The average Bonchev–Trinajstić information content (AvgIpc) is 3.13. The molecule has 6 heteroatoms. The van der Waals surface area contributed by atoms with Crippen LogP contribution < -0.4 is 5.32 Å². The average molecular weight is 322 g/mol. The van der Waals surface area contributed by atoms with E-state index in [1.165, 1.54) is 29.3 Å². The summed E-state index contributed by atoms with van der Waals surface area (Å²) in [6.45, 7) is 0.833. The number of nitrogens with one attached hydrogen (secondary N) is 1. The molecule has 0 bridgehead atoms. The highest BCUT2D eigenvalue weighted by molar-refractivity contribution is 8.01. The number of halogens is 1. The molecule has 1 aliphatic carbocycles. The fraction of sp³-hybridized carbons (Fsp3) is 0.286. The summed E-state index contributed by atoms with van der Waals surface area (Å²) in [6.07, 6.45) is 2.38. The van der Waals surface area contributed by atoms with E-state index in [9.17, 15) is 0 Å². The van der Waals surface area contributed by atoms with Crippen LogP contribution >= 0.6 is 34.9 Å². The van der Waals surface area contributed by atoms with Crippen LogP contribution in [0.25, 0.3) is 0 Å². The van der Waals surface area contributed by atoms with Crippen LogP contribution in [0.4, 0.5) is 5.00 Å². The van der Waals surface area contributed by atoms with Gasteiger partial charge in [-0.05, 0) is 36.5 Å². The van der Waals surface area contributed by atoms with E-state index in [0.717, 1.165) is 11.5 Å². The Morgan fingerprint density at radius 1 is 1.40 bits per heavy atom. The number of nitriles is 1. The Balaban J connectivity index is 1.65. The van der Waals surface area contributed by atoms with Crippen LogP contribution in [0.15, 0.2) is 35.2 Å². The van der Waals surface area contributed by atoms with Gasteiger partial charge in [0.25, 0.3) is 0 Å². The summed E-state index contributed by atoms with van der Waals surface area (Å²) < 4.78 is 4.25. The van der Waals surface area contributed by atoms with Gasteiger partial charge in [-0.2, -0.15) is 9.64 Å². The fourth-order valence-corrected chi connectivity index (χ4v) is 4.10. The minimum Gasteiger partial charge on any atom is -0.373 e. The molecule has 0 aliphatic heterocycles. The van der Waals surface area contributed by atoms with Gasteiger partial charge < -0.3 is 5.32 Å². The molecule has 1 fully saturated rings. The summed E-state index contributed by atoms with van der Waals surface area (Å²) in [5, 5.41) is 13.5. The molecular weight excluding hydrogens is 310 g/mol. The fourth-order valence-electron chi connectivity index (χ4n) is 1.92. The standard InChI is InChI=1S/C14H12ClN3S2/c15-12-11(8-16)13(20-18-12)17-9-14(6-7-14)19-10-4-2-1-3-5-10/h1-5,17H,6-7,9H2. The van der Waals surface area contributed by atoms with Gasteiger partial charge in [0.15, 0.2) is 5.15 Å². The van der Waals surface area contributed by atoms with E-state index in [2.05, 4.69) is 40.0 Å². The summed E-state index contributed by atoms with van der Waals surface area (Å²) in [5.74, 6) is 0. The summed E-state index contributed by atoms with van der Waals surface area (Å²) in [7, 11) is 0. The molecule has 1 aromatic heterocycles. The summed E-state index contributed by atoms with van der Waals surface area (Å²) in [5.41, 5.74) is 0.456. The molecule has 3 rings (SSSR count). The van der Waals surface area contributed by atoms with Gasteiger partial charge in [0.05, 0.1) is 0 Å². The molecule has 3 nitrogen and oxygen atoms in total. The number of nitrogens with zero attached hydrogens (tertiary/aromatic N) is 2. The normalized spacial score (nSPS) is 15.6. The molecule has 0 saturated heterocycles. The van der Waals surface area contributed by atoms with Gasteiger partial charge >= 0.3 is 0 Å². The van der Waals surface area contributed by atoms with Gasteiger partial charge in [0.2, 0.25) is 0 Å². The van der Waals surface area contributed by atoms with Crippen molar-refractivity contribution in [3.8, 4) is 6.07 Å². The predicted molar refractivity (Wildman–Crippen MR) is 84.6 cm³/mol. The van der Waals surface area contributed by atoms with Crippen molar-refractivity contribution in [2.75, 3.05) is 11.9 Å². The molecular formula is C14H12ClN3S2. The first-order valence-electron chi connectivity index (χ1n) is 6.26. The maximum absolute atomic E-state index is 9.06. The number of anilines is 1. The van der Waals surface area contributed by atoms with Crippen molar-refractivity contribution in [2.45, 2.75) is 22.5 Å². The molecule has 1 aliphatic rings. The largest absolute Gasteiger partial charge is 0.373 e. The van der Waals surface area contributed by atoms with Crippen molar-refractivity contribution in [3.05, 3.63) is 41.0 Å². The Morgan fingerprint density at radius 2 is 2.15 bits per heavy atom. The summed E-state index contributed by atoms with van der Waals surface area (Å²) in [4.78, 5) is 1.29. The molecule has 0 amide bonds. The molecule has 0 radical (unpaired) electrons. The molecule has 1 saturated carbocycles. The van der Waals surface area contributed by atoms with E-state index >= 15 is 0 Å². The lowest BCUT2D eigenvalue weighted by atomic mass is 10.3. The van der Waals surface area contributed by atoms with Crippen LogP contribution in [-0.4, -0.2) is 15.7 Å². The smallest absolute Gasteiger partial charge is 0.162 e. The van der Waals surface area contributed by atoms with Crippen LogP contribution in [0.5, 0.6) is 0 Å². The number of rotatable bonds is 5. The van der Waals surface area contributed by atoms with E-state index in [1.54, 1.807) is 0 Å². The number of hydrogen-bond donors (Lipinski definition) is 1. The van der Waals surface area contributed by atoms with Crippen molar-refractivity contribution in [2.24, 2.45) is 0 Å². The lowest BCUT2D eigenvalue weighted by molar-refractivity contribution is 0.948. The molecule has 1 heterocycles. The third-order valence-electron chi connectivity index (χ3n) is 3.22. The monoisotopic (exact) mass is 321 g/mol. The SMILES string of the molecule is N#Cc1c(Cl)nsc1NCC1(Sc2ccccc2)CC1. The Labute approximate surface area is 131 Å². The van der Waals surface area contributed by atoms with E-state index in [0.29, 0.717) is 10.7 Å². The van der Waals surface area contributed by atoms with Crippen LogP contribution in [0.3, 0.4) is 0 Å². The zero-order valence-electron chi connectivity index (χ0n) is 10.6. The van der Waals surface area contributed by atoms with E-state index in [4.69, 9.17) is 16.9 Å². The Morgan fingerprint density at radius 3 is 2.80 bits per heavy atom. The molecule has 0 unspecified atom stereocenters. The first kappa shape index (κ1) is 13.7. The third-order valence-corrected chi connectivity index (χ3v) is 5.89. The maximum Gasteiger partial charge on any atom is 0.162 e. The third kappa shape index (κ3) is 2.93. The summed E-state index contributed by atoms with van der Waals surface area (Å²) in [6, 6.07) is 12.5. The minimum absolute atomic E-state index is 0.241. The zero-order valence-corrected chi connectivity index (χ0v) is 13.0. The topological polar surface area (TPSA) is 48.7 Å². The molecule has 2 aromatic rings. The number of thioether (sulfide) groups is 1. The highest BCUT2D eigenvalue weighted by atomic mass is 35.5. The van der Waals surface area contributed by atoms with Crippen LogP contribution in [0, 0.1) is 11.3 Å². The van der Waals surface area contributed by atoms with Crippen molar-refractivity contribution >= 4 is 39.9 Å². The van der Waals surface area contributed by atoms with Gasteiger partial charge in [-0.25, -0.2) is 0 Å². The molecule has 0 atom stereocenters. The lowest BCUT2D eigenvalue weighted by Gasteiger charge is -2.15. The number of benzene rings is 1. The quantitative estimate of drug-likeness (QED) is 0.886. The zero-order chi connectivity index (χ0) is 14.0. The van der Waals surface area contributed by atoms with Crippen molar-refractivity contribution < 1.29 is 0 Å². The van der Waals surface area contributed by atoms with Crippen LogP contribution in [-0.2, 0) is 0 Å². The first-order chi connectivity index (χ1) is 9.72. The number of hydrogen-bond acceptors (Lipinski definition) is 5. The van der Waals surface area contributed by atoms with Gasteiger partial charge in [0, 0.05) is 16.2 Å². The Kier molecular flexibility index (Phi) is 3.88. The van der Waals surface area contributed by atoms with Crippen LogP contribution in [0.1, 0.15) is 18.4 Å². The highest BCUT2D eigenvalue weighted by Crippen LogP contribution is 2.51. The van der Waals surface area contributed by atoms with E-state index in [1.807, 2.05) is 17.8 Å². The second-order valence-electron chi connectivity index (χ2n) is 4.74. The van der Waals surface area contributed by atoms with Gasteiger partial charge in [0.1, 0.15) is 16.6 Å². The first-order valence-corrected chi connectivity index (χ1v) is 8.22. The second-order valence-corrected chi connectivity index (χ2v) is 7.41. The van der Waals surface area contributed by atoms with Gasteiger partial charge in [-0.3, -0.25) is 0 Å². The Hall–Kier alpha value is -1.22. The lowest BCUT2D eigenvalue weighted by Crippen LogP contribution is -2.17. The van der Waals surface area contributed by atoms with Crippen LogP contribution in [0.2, 0.25) is 5.15 Å².